The SMILES string of the molecule is CC(=O)c1ccc(NC(=O)C[C@@H]2SC(=Nc3ccccc3C)N(CCC3=CCCCC3)C2=O)cc1. The Morgan fingerprint density at radius 1 is 1.11 bits per heavy atom. The predicted molar refractivity (Wildman–Crippen MR) is 142 cm³/mol. The zero-order valence-corrected chi connectivity index (χ0v) is 21.1. The van der Waals surface area contributed by atoms with Crippen molar-refractivity contribution < 1.29 is 14.4 Å². The number of aryl methyl sites for hydroxylation is 1. The van der Waals surface area contributed by atoms with Crippen molar-refractivity contribution in [3.8, 4) is 0 Å². The molecular weight excluding hydrogens is 458 g/mol. The van der Waals surface area contributed by atoms with Crippen LogP contribution >= 0.6 is 11.8 Å². The fourth-order valence-electron chi connectivity index (χ4n) is 4.28. The Labute approximate surface area is 210 Å². The van der Waals surface area contributed by atoms with E-state index in [2.05, 4.69) is 11.4 Å². The van der Waals surface area contributed by atoms with Crippen molar-refractivity contribution in [1.82, 2.24) is 4.90 Å². The number of anilines is 1. The van der Waals surface area contributed by atoms with Gasteiger partial charge < -0.3 is 5.32 Å². The minimum absolute atomic E-state index is 0.0274. The van der Waals surface area contributed by atoms with Gasteiger partial charge in [-0.25, -0.2) is 4.99 Å². The largest absolute Gasteiger partial charge is 0.326 e. The third kappa shape index (κ3) is 6.48. The Hall–Kier alpha value is -3.19. The number of Topliss-reactive ketones (excluding diaryl/α,β-unsaturated/α-hetero) is 1. The number of hydrogen-bond acceptors (Lipinski definition) is 5. The van der Waals surface area contributed by atoms with Gasteiger partial charge in [0.25, 0.3) is 0 Å². The van der Waals surface area contributed by atoms with E-state index in [4.69, 9.17) is 4.99 Å². The average molecular weight is 490 g/mol. The molecule has 0 unspecified atom stereocenters. The van der Waals surface area contributed by atoms with E-state index < -0.39 is 5.25 Å². The van der Waals surface area contributed by atoms with Gasteiger partial charge in [0.15, 0.2) is 11.0 Å². The van der Waals surface area contributed by atoms with Gasteiger partial charge >= 0.3 is 0 Å². The van der Waals surface area contributed by atoms with E-state index in [1.165, 1.54) is 37.1 Å². The third-order valence-corrected chi connectivity index (χ3v) is 7.51. The topological polar surface area (TPSA) is 78.8 Å². The number of nitrogens with zero attached hydrogens (tertiary/aromatic N) is 2. The quantitative estimate of drug-likeness (QED) is 0.362. The van der Waals surface area contributed by atoms with E-state index in [9.17, 15) is 14.4 Å². The van der Waals surface area contributed by atoms with Crippen molar-refractivity contribution in [2.45, 2.75) is 57.6 Å². The molecule has 0 spiro atoms. The molecule has 182 valence electrons. The van der Waals surface area contributed by atoms with Gasteiger partial charge in [0.2, 0.25) is 11.8 Å². The highest BCUT2D eigenvalue weighted by molar-refractivity contribution is 8.15. The van der Waals surface area contributed by atoms with Gasteiger partial charge in [-0.3, -0.25) is 19.3 Å². The number of amidine groups is 1. The Kier molecular flexibility index (Phi) is 8.18. The lowest BCUT2D eigenvalue weighted by Crippen LogP contribution is -2.34. The summed E-state index contributed by atoms with van der Waals surface area (Å²) in [6.45, 7) is 4.08. The summed E-state index contributed by atoms with van der Waals surface area (Å²) in [6, 6.07) is 14.6. The first-order valence-corrected chi connectivity index (χ1v) is 13.0. The first-order chi connectivity index (χ1) is 16.9. The zero-order chi connectivity index (χ0) is 24.8. The molecule has 2 amide bonds. The molecule has 1 aliphatic carbocycles. The number of carbonyl (C=O) groups excluding carboxylic acids is 3. The Balaban J connectivity index is 1.47. The number of thioether (sulfide) groups is 1. The van der Waals surface area contributed by atoms with Crippen LogP contribution in [0.4, 0.5) is 11.4 Å². The molecule has 0 aromatic heterocycles. The number of rotatable bonds is 8. The van der Waals surface area contributed by atoms with Gasteiger partial charge in [-0.15, -0.1) is 0 Å². The predicted octanol–water partition coefficient (Wildman–Crippen LogP) is 6.05. The maximum absolute atomic E-state index is 13.4. The van der Waals surface area contributed by atoms with Gasteiger partial charge in [0.1, 0.15) is 5.25 Å². The van der Waals surface area contributed by atoms with Crippen LogP contribution in [0.5, 0.6) is 0 Å². The molecule has 2 aliphatic rings. The number of ketones is 1. The summed E-state index contributed by atoms with van der Waals surface area (Å²) in [5.74, 6) is -0.334. The summed E-state index contributed by atoms with van der Waals surface area (Å²) in [7, 11) is 0. The standard InChI is InChI=1S/C28H31N3O3S/c1-19-8-6-7-11-24(19)30-28-31(17-16-21-9-4-3-5-10-21)27(34)25(35-28)18-26(33)29-23-14-12-22(13-15-23)20(2)32/h6-9,11-15,25H,3-5,10,16-18H2,1-2H3,(H,29,33)/t25-/m0/s1. The number of carbonyl (C=O) groups is 3. The van der Waals surface area contributed by atoms with Crippen LogP contribution in [0.1, 0.15) is 61.4 Å². The number of amides is 2. The number of para-hydroxylation sites is 1. The number of allylic oxidation sites excluding steroid dienone is 1. The van der Waals surface area contributed by atoms with E-state index >= 15 is 0 Å². The van der Waals surface area contributed by atoms with Crippen LogP contribution < -0.4 is 5.32 Å². The lowest BCUT2D eigenvalue weighted by atomic mass is 9.97. The van der Waals surface area contributed by atoms with Crippen LogP contribution in [0.3, 0.4) is 0 Å². The van der Waals surface area contributed by atoms with Gasteiger partial charge in [-0.05, 0) is 81.8 Å². The van der Waals surface area contributed by atoms with E-state index in [1.807, 2.05) is 31.2 Å². The average Bonchev–Trinajstić information content (AvgIpc) is 3.13. The first-order valence-electron chi connectivity index (χ1n) is 12.1. The van der Waals surface area contributed by atoms with Crippen molar-refractivity contribution in [3.63, 3.8) is 0 Å². The fourth-order valence-corrected chi connectivity index (χ4v) is 5.46. The minimum Gasteiger partial charge on any atom is -0.326 e. The number of benzene rings is 2. The molecule has 1 aliphatic heterocycles. The van der Waals surface area contributed by atoms with Gasteiger partial charge in [-0.1, -0.05) is 41.6 Å². The van der Waals surface area contributed by atoms with E-state index in [0.717, 1.165) is 30.5 Å². The monoisotopic (exact) mass is 489 g/mol. The lowest BCUT2D eigenvalue weighted by molar-refractivity contribution is -0.128. The summed E-state index contributed by atoms with van der Waals surface area (Å²) < 4.78 is 0. The summed E-state index contributed by atoms with van der Waals surface area (Å²) in [5, 5.41) is 2.98. The maximum atomic E-state index is 13.4. The number of hydrogen-bond donors (Lipinski definition) is 1. The van der Waals surface area contributed by atoms with Crippen LogP contribution in [0.2, 0.25) is 0 Å². The second-order valence-corrected chi connectivity index (χ2v) is 10.2. The van der Waals surface area contributed by atoms with Crippen LogP contribution in [0.25, 0.3) is 0 Å². The van der Waals surface area contributed by atoms with Crippen molar-refractivity contribution in [1.29, 1.82) is 0 Å². The highest BCUT2D eigenvalue weighted by Gasteiger charge is 2.39. The molecule has 0 bridgehead atoms. The molecule has 35 heavy (non-hydrogen) atoms. The highest BCUT2D eigenvalue weighted by Crippen LogP contribution is 2.33. The molecule has 1 fully saturated rings. The molecule has 1 saturated heterocycles. The molecule has 1 N–H and O–H groups in total. The van der Waals surface area contributed by atoms with Crippen LogP contribution in [-0.2, 0) is 9.59 Å². The molecular formula is C28H31N3O3S. The molecule has 7 heteroatoms. The van der Waals surface area contributed by atoms with Crippen molar-refractivity contribution in [3.05, 3.63) is 71.3 Å². The van der Waals surface area contributed by atoms with Gasteiger partial charge in [0.05, 0.1) is 5.69 Å². The molecule has 2 aromatic carbocycles. The summed E-state index contributed by atoms with van der Waals surface area (Å²) in [6.07, 6.45) is 7.83. The van der Waals surface area contributed by atoms with E-state index in [1.54, 1.807) is 29.2 Å². The van der Waals surface area contributed by atoms with Gasteiger partial charge in [-0.2, -0.15) is 0 Å². The minimum atomic E-state index is -0.519. The molecule has 1 atom stereocenters. The lowest BCUT2D eigenvalue weighted by Gasteiger charge is -2.19. The molecule has 2 aromatic rings. The second-order valence-electron chi connectivity index (χ2n) is 9.02. The fraction of sp³-hybridized carbons (Fsp3) is 0.357. The summed E-state index contributed by atoms with van der Waals surface area (Å²) >= 11 is 1.36. The Morgan fingerprint density at radius 3 is 2.57 bits per heavy atom. The number of aliphatic imine (C=N–C) groups is 1. The molecule has 1 heterocycles. The maximum Gasteiger partial charge on any atom is 0.242 e. The number of nitrogens with one attached hydrogen (secondary N) is 1. The van der Waals surface area contributed by atoms with Crippen molar-refractivity contribution in [2.24, 2.45) is 4.99 Å². The van der Waals surface area contributed by atoms with Crippen molar-refractivity contribution in [2.75, 3.05) is 11.9 Å². The van der Waals surface area contributed by atoms with E-state index in [0.29, 0.717) is 23.0 Å². The van der Waals surface area contributed by atoms with Gasteiger partial charge in [0, 0.05) is 24.2 Å². The summed E-state index contributed by atoms with van der Waals surface area (Å²) in [4.78, 5) is 44.2. The highest BCUT2D eigenvalue weighted by atomic mass is 32.2. The third-order valence-electron chi connectivity index (χ3n) is 6.34. The molecule has 0 radical (unpaired) electrons. The second kappa shape index (κ2) is 11.5. The molecule has 4 rings (SSSR count). The molecule has 6 nitrogen and oxygen atoms in total. The van der Waals surface area contributed by atoms with Crippen LogP contribution in [0.15, 0.2) is 65.2 Å². The van der Waals surface area contributed by atoms with E-state index in [-0.39, 0.29) is 24.0 Å². The Morgan fingerprint density at radius 2 is 1.89 bits per heavy atom. The van der Waals surface area contributed by atoms with Crippen molar-refractivity contribution >= 4 is 45.9 Å². The van der Waals surface area contributed by atoms with Crippen LogP contribution in [-0.4, -0.2) is 39.5 Å². The zero-order valence-electron chi connectivity index (χ0n) is 20.3. The normalized spacial score (nSPS) is 19.1. The molecule has 0 saturated carbocycles. The smallest absolute Gasteiger partial charge is 0.242 e. The summed E-state index contributed by atoms with van der Waals surface area (Å²) in [5.41, 5.74) is 4.47. The van der Waals surface area contributed by atoms with Crippen LogP contribution in [0, 0.1) is 6.92 Å². The Bertz CT molecular complexity index is 1170. The first kappa shape index (κ1) is 24.9.